The Labute approximate surface area is 202 Å². The third kappa shape index (κ3) is 24.1. The minimum atomic E-state index is -0.560. The van der Waals surface area contributed by atoms with Gasteiger partial charge in [-0.15, -0.1) is 0 Å². The molecule has 0 fully saturated rings. The first-order chi connectivity index (χ1) is 15.7. The van der Waals surface area contributed by atoms with Crippen LogP contribution in [0.2, 0.25) is 0 Å². The summed E-state index contributed by atoms with van der Waals surface area (Å²) in [5, 5.41) is 9.52. The number of carboxylic acids is 1. The lowest BCUT2D eigenvalue weighted by Gasteiger charge is -2.12. The standard InChI is InChI=1S/C30H60O2/c1-3-5-7-9-11-13-15-16-17-18-20-22-24-26-28-29(30(31)32)27-25-23-21-19-14-12-10-8-6-4-2/h29H,3-28H2,1-2H3,(H,31,32). The van der Waals surface area contributed by atoms with E-state index in [0.29, 0.717) is 0 Å². The molecule has 1 atom stereocenters. The van der Waals surface area contributed by atoms with Crippen molar-refractivity contribution in [3.05, 3.63) is 0 Å². The highest BCUT2D eigenvalue weighted by Gasteiger charge is 2.16. The van der Waals surface area contributed by atoms with Gasteiger partial charge in [0.1, 0.15) is 0 Å². The Hall–Kier alpha value is -0.530. The van der Waals surface area contributed by atoms with E-state index >= 15 is 0 Å². The Morgan fingerprint density at radius 1 is 0.438 bits per heavy atom. The van der Waals surface area contributed by atoms with E-state index < -0.39 is 5.97 Å². The van der Waals surface area contributed by atoms with Crippen LogP contribution in [0.15, 0.2) is 0 Å². The molecule has 192 valence electrons. The van der Waals surface area contributed by atoms with E-state index in [0.717, 1.165) is 25.7 Å². The summed E-state index contributed by atoms with van der Waals surface area (Å²) in [5.74, 6) is -0.656. The fourth-order valence-electron chi connectivity index (χ4n) is 4.85. The molecule has 2 nitrogen and oxygen atoms in total. The zero-order valence-electron chi connectivity index (χ0n) is 22.3. The van der Waals surface area contributed by atoms with Crippen LogP contribution in [0.3, 0.4) is 0 Å². The Morgan fingerprint density at radius 3 is 0.875 bits per heavy atom. The van der Waals surface area contributed by atoms with Gasteiger partial charge in [0.2, 0.25) is 0 Å². The fraction of sp³-hybridized carbons (Fsp3) is 0.967. The Bertz CT molecular complexity index is 366. The van der Waals surface area contributed by atoms with E-state index in [4.69, 9.17) is 0 Å². The molecule has 32 heavy (non-hydrogen) atoms. The Kier molecular flexibility index (Phi) is 26.3. The lowest BCUT2D eigenvalue weighted by Crippen LogP contribution is -2.13. The first-order valence-electron chi connectivity index (χ1n) is 14.9. The molecule has 0 saturated heterocycles. The van der Waals surface area contributed by atoms with Crippen molar-refractivity contribution >= 4 is 5.97 Å². The SMILES string of the molecule is CCCCCCCCCCCCCCCCC(CCCCCCCCCCCC)C(=O)O. The molecule has 0 aromatic rings. The van der Waals surface area contributed by atoms with Crippen molar-refractivity contribution < 1.29 is 9.90 Å². The van der Waals surface area contributed by atoms with Gasteiger partial charge < -0.3 is 5.11 Å². The predicted octanol–water partition coefficient (Wildman–Crippen LogP) is 10.9. The molecule has 2 heteroatoms. The zero-order chi connectivity index (χ0) is 23.5. The maximum Gasteiger partial charge on any atom is 0.306 e. The van der Waals surface area contributed by atoms with Crippen LogP contribution in [0.1, 0.15) is 181 Å². The number of carbonyl (C=O) groups is 1. The number of aliphatic carboxylic acids is 1. The van der Waals surface area contributed by atoms with Crippen LogP contribution in [-0.4, -0.2) is 11.1 Å². The van der Waals surface area contributed by atoms with Gasteiger partial charge in [0.25, 0.3) is 0 Å². The van der Waals surface area contributed by atoms with Gasteiger partial charge in [0.05, 0.1) is 5.92 Å². The lowest BCUT2D eigenvalue weighted by atomic mass is 9.94. The highest BCUT2D eigenvalue weighted by molar-refractivity contribution is 5.69. The van der Waals surface area contributed by atoms with Crippen LogP contribution >= 0.6 is 0 Å². The molecule has 0 amide bonds. The van der Waals surface area contributed by atoms with Crippen LogP contribution in [0, 0.1) is 5.92 Å². The topological polar surface area (TPSA) is 37.3 Å². The maximum atomic E-state index is 11.6. The average molecular weight is 453 g/mol. The third-order valence-electron chi connectivity index (χ3n) is 7.16. The number of hydrogen-bond donors (Lipinski definition) is 1. The van der Waals surface area contributed by atoms with Crippen molar-refractivity contribution in [3.63, 3.8) is 0 Å². The van der Waals surface area contributed by atoms with Crippen LogP contribution in [0.25, 0.3) is 0 Å². The van der Waals surface area contributed by atoms with E-state index in [1.807, 2.05) is 0 Å². The smallest absolute Gasteiger partial charge is 0.306 e. The lowest BCUT2D eigenvalue weighted by molar-refractivity contribution is -0.142. The van der Waals surface area contributed by atoms with Crippen molar-refractivity contribution in [1.29, 1.82) is 0 Å². The van der Waals surface area contributed by atoms with Gasteiger partial charge in [-0.1, -0.05) is 168 Å². The molecule has 1 unspecified atom stereocenters. The molecule has 0 heterocycles. The van der Waals surface area contributed by atoms with Crippen LogP contribution < -0.4 is 0 Å². The molecule has 0 aromatic heterocycles. The second-order valence-corrected chi connectivity index (χ2v) is 10.4. The first kappa shape index (κ1) is 31.5. The molecule has 0 aliphatic heterocycles. The third-order valence-corrected chi connectivity index (χ3v) is 7.16. The normalized spacial score (nSPS) is 12.3. The van der Waals surface area contributed by atoms with Crippen molar-refractivity contribution in [1.82, 2.24) is 0 Å². The first-order valence-corrected chi connectivity index (χ1v) is 14.9. The van der Waals surface area contributed by atoms with E-state index in [9.17, 15) is 9.90 Å². The van der Waals surface area contributed by atoms with E-state index in [2.05, 4.69) is 13.8 Å². The minimum Gasteiger partial charge on any atom is -0.481 e. The van der Waals surface area contributed by atoms with Crippen molar-refractivity contribution in [2.24, 2.45) is 5.92 Å². The Morgan fingerprint density at radius 2 is 0.656 bits per heavy atom. The largest absolute Gasteiger partial charge is 0.481 e. The van der Waals surface area contributed by atoms with Crippen LogP contribution in [0.5, 0.6) is 0 Å². The summed E-state index contributed by atoms with van der Waals surface area (Å²) >= 11 is 0. The second-order valence-electron chi connectivity index (χ2n) is 10.4. The monoisotopic (exact) mass is 452 g/mol. The highest BCUT2D eigenvalue weighted by atomic mass is 16.4. The number of hydrogen-bond acceptors (Lipinski definition) is 1. The fourth-order valence-corrected chi connectivity index (χ4v) is 4.85. The summed E-state index contributed by atoms with van der Waals surface area (Å²) in [6, 6.07) is 0. The Balaban J connectivity index is 3.41. The average Bonchev–Trinajstić information content (AvgIpc) is 2.78. The molecule has 0 radical (unpaired) electrons. The summed E-state index contributed by atoms with van der Waals surface area (Å²) in [6.07, 6.45) is 34.0. The molecule has 0 bridgehead atoms. The summed E-state index contributed by atoms with van der Waals surface area (Å²) in [7, 11) is 0. The molecule has 0 aliphatic rings. The summed E-state index contributed by atoms with van der Waals surface area (Å²) in [5.41, 5.74) is 0. The summed E-state index contributed by atoms with van der Waals surface area (Å²) in [6.45, 7) is 4.55. The van der Waals surface area contributed by atoms with Crippen molar-refractivity contribution in [2.75, 3.05) is 0 Å². The minimum absolute atomic E-state index is 0.0960. The van der Waals surface area contributed by atoms with E-state index in [1.165, 1.54) is 141 Å². The number of carboxylic acid groups (broad SMARTS) is 1. The molecular weight excluding hydrogens is 392 g/mol. The summed E-state index contributed by atoms with van der Waals surface area (Å²) < 4.78 is 0. The molecule has 0 aromatic carbocycles. The van der Waals surface area contributed by atoms with Gasteiger partial charge >= 0.3 is 5.97 Å². The molecule has 0 spiro atoms. The molecule has 0 saturated carbocycles. The molecular formula is C30H60O2. The van der Waals surface area contributed by atoms with Gasteiger partial charge in [-0.2, -0.15) is 0 Å². The quantitative estimate of drug-likeness (QED) is 0.126. The highest BCUT2D eigenvalue weighted by Crippen LogP contribution is 2.20. The van der Waals surface area contributed by atoms with Gasteiger partial charge in [0, 0.05) is 0 Å². The van der Waals surface area contributed by atoms with Crippen molar-refractivity contribution in [2.45, 2.75) is 181 Å². The molecule has 0 rings (SSSR count). The van der Waals surface area contributed by atoms with Gasteiger partial charge in [0.15, 0.2) is 0 Å². The van der Waals surface area contributed by atoms with E-state index in [-0.39, 0.29) is 5.92 Å². The summed E-state index contributed by atoms with van der Waals surface area (Å²) in [4.78, 5) is 11.6. The molecule has 1 N–H and O–H groups in total. The van der Waals surface area contributed by atoms with Crippen LogP contribution in [0.4, 0.5) is 0 Å². The van der Waals surface area contributed by atoms with Crippen LogP contribution in [-0.2, 0) is 4.79 Å². The van der Waals surface area contributed by atoms with Gasteiger partial charge in [-0.3, -0.25) is 4.79 Å². The predicted molar refractivity (Wildman–Crippen MR) is 143 cm³/mol. The van der Waals surface area contributed by atoms with Crippen molar-refractivity contribution in [3.8, 4) is 0 Å². The zero-order valence-corrected chi connectivity index (χ0v) is 22.3. The molecule has 0 aliphatic carbocycles. The number of unbranched alkanes of at least 4 members (excludes halogenated alkanes) is 22. The maximum absolute atomic E-state index is 11.6. The second kappa shape index (κ2) is 26.7. The number of rotatable bonds is 27. The van der Waals surface area contributed by atoms with E-state index in [1.54, 1.807) is 0 Å². The van der Waals surface area contributed by atoms with Gasteiger partial charge in [-0.25, -0.2) is 0 Å². The van der Waals surface area contributed by atoms with Gasteiger partial charge in [-0.05, 0) is 12.8 Å².